The first-order valence-electron chi connectivity index (χ1n) is 9.39. The van der Waals surface area contributed by atoms with Gasteiger partial charge in [-0.15, -0.1) is 0 Å². The molecular formula is C21H22N8O. The molecule has 3 aromatic heterocycles. The average molecular weight is 402 g/mol. The molecule has 9 heteroatoms. The molecule has 0 spiro atoms. The topological polar surface area (TPSA) is 127 Å². The molecule has 0 amide bonds. The molecule has 0 bridgehead atoms. The van der Waals surface area contributed by atoms with Crippen molar-refractivity contribution >= 4 is 40.3 Å². The fraction of sp³-hybridized carbons (Fsp3) is 0.190. The Morgan fingerprint density at radius 2 is 2.00 bits per heavy atom. The fourth-order valence-corrected chi connectivity index (χ4v) is 2.92. The highest BCUT2D eigenvalue weighted by molar-refractivity contribution is 6.08. The number of hydrogen-bond donors (Lipinski definition) is 3. The van der Waals surface area contributed by atoms with Gasteiger partial charge in [-0.2, -0.15) is 5.10 Å². The maximum absolute atomic E-state index is 12.7. The third-order valence-corrected chi connectivity index (χ3v) is 4.49. The van der Waals surface area contributed by atoms with Crippen molar-refractivity contribution in [3.8, 4) is 0 Å². The molecule has 4 N–H and O–H groups in total. The number of carbonyl (C=O) groups excluding carboxylic acids is 1. The Labute approximate surface area is 173 Å². The van der Waals surface area contributed by atoms with Gasteiger partial charge in [-0.3, -0.25) is 4.79 Å². The number of aromatic amines is 1. The minimum atomic E-state index is -0.502. The molecule has 0 aliphatic rings. The fourth-order valence-electron chi connectivity index (χ4n) is 2.92. The van der Waals surface area contributed by atoms with Crippen LogP contribution in [0.4, 0.5) is 11.5 Å². The van der Waals surface area contributed by atoms with Crippen LogP contribution in [0.5, 0.6) is 0 Å². The number of fused-ring (bicyclic) bond motifs is 1. The summed E-state index contributed by atoms with van der Waals surface area (Å²) in [5.74, 6) is 1.03. The summed E-state index contributed by atoms with van der Waals surface area (Å²) in [4.78, 5) is 28.6. The molecule has 1 aromatic carbocycles. The number of ketones is 1. The first-order valence-corrected chi connectivity index (χ1v) is 9.39. The molecule has 0 aliphatic heterocycles. The summed E-state index contributed by atoms with van der Waals surface area (Å²) in [5.41, 5.74) is 8.92. The Hall–Kier alpha value is -4.01. The SMILES string of the molecule is CC(C)(C)C(=O)c1c[nH]c2ncc(Nc3ccc(/C=C(\N)n4cncn4)cc3)nc12. The Bertz CT molecular complexity index is 1210. The third-order valence-electron chi connectivity index (χ3n) is 4.49. The van der Waals surface area contributed by atoms with Crippen molar-refractivity contribution in [2.24, 2.45) is 11.1 Å². The summed E-state index contributed by atoms with van der Waals surface area (Å²) < 4.78 is 1.49. The van der Waals surface area contributed by atoms with E-state index in [0.29, 0.717) is 28.4 Å². The lowest BCUT2D eigenvalue weighted by molar-refractivity contribution is 0.0860. The van der Waals surface area contributed by atoms with Gasteiger partial charge >= 0.3 is 0 Å². The monoisotopic (exact) mass is 402 g/mol. The van der Waals surface area contributed by atoms with Gasteiger partial charge in [0.25, 0.3) is 0 Å². The van der Waals surface area contributed by atoms with Gasteiger partial charge in [0.1, 0.15) is 29.8 Å². The zero-order valence-electron chi connectivity index (χ0n) is 16.9. The summed E-state index contributed by atoms with van der Waals surface area (Å²) in [7, 11) is 0. The van der Waals surface area contributed by atoms with Crippen LogP contribution in [0.3, 0.4) is 0 Å². The van der Waals surface area contributed by atoms with E-state index in [1.807, 2.05) is 45.0 Å². The van der Waals surface area contributed by atoms with Crippen LogP contribution in [0.25, 0.3) is 23.1 Å². The maximum atomic E-state index is 12.7. The van der Waals surface area contributed by atoms with E-state index < -0.39 is 5.41 Å². The van der Waals surface area contributed by atoms with Crippen LogP contribution in [0.15, 0.2) is 49.3 Å². The third kappa shape index (κ3) is 3.90. The van der Waals surface area contributed by atoms with Gasteiger partial charge in [0.15, 0.2) is 11.4 Å². The molecule has 4 aromatic rings. The Kier molecular flexibility index (Phi) is 4.78. The lowest BCUT2D eigenvalue weighted by Crippen LogP contribution is -2.20. The highest BCUT2D eigenvalue weighted by Crippen LogP contribution is 2.26. The minimum Gasteiger partial charge on any atom is -0.384 e. The molecule has 0 fully saturated rings. The minimum absolute atomic E-state index is 0.0151. The molecular weight excluding hydrogens is 380 g/mol. The maximum Gasteiger partial charge on any atom is 0.171 e. The summed E-state index contributed by atoms with van der Waals surface area (Å²) in [6, 6.07) is 7.65. The average Bonchev–Trinajstić information content (AvgIpc) is 3.38. The van der Waals surface area contributed by atoms with E-state index in [0.717, 1.165) is 11.3 Å². The number of aromatic nitrogens is 6. The zero-order chi connectivity index (χ0) is 21.3. The summed E-state index contributed by atoms with van der Waals surface area (Å²) in [6.07, 6.45) is 8.06. The second kappa shape index (κ2) is 7.43. The van der Waals surface area contributed by atoms with Crippen LogP contribution < -0.4 is 11.1 Å². The van der Waals surface area contributed by atoms with Gasteiger partial charge in [0, 0.05) is 17.3 Å². The van der Waals surface area contributed by atoms with Crippen molar-refractivity contribution in [1.82, 2.24) is 29.7 Å². The second-order valence-electron chi connectivity index (χ2n) is 7.89. The van der Waals surface area contributed by atoms with Gasteiger partial charge < -0.3 is 16.0 Å². The summed E-state index contributed by atoms with van der Waals surface area (Å²) in [5, 5.41) is 7.22. The quantitative estimate of drug-likeness (QED) is 0.436. The molecule has 0 aliphatic carbocycles. The van der Waals surface area contributed by atoms with Gasteiger partial charge in [-0.25, -0.2) is 19.6 Å². The van der Waals surface area contributed by atoms with Gasteiger partial charge in [-0.05, 0) is 23.8 Å². The zero-order valence-corrected chi connectivity index (χ0v) is 16.9. The first-order chi connectivity index (χ1) is 14.3. The van der Waals surface area contributed by atoms with Crippen LogP contribution in [-0.4, -0.2) is 35.5 Å². The summed E-state index contributed by atoms with van der Waals surface area (Å²) >= 11 is 0. The largest absolute Gasteiger partial charge is 0.384 e. The lowest BCUT2D eigenvalue weighted by Gasteiger charge is -2.15. The molecule has 0 unspecified atom stereocenters. The van der Waals surface area contributed by atoms with Crippen LogP contribution >= 0.6 is 0 Å². The number of rotatable bonds is 5. The first kappa shape index (κ1) is 19.3. The molecule has 0 atom stereocenters. The van der Waals surface area contributed by atoms with Crippen LogP contribution in [-0.2, 0) is 0 Å². The number of hydrogen-bond acceptors (Lipinski definition) is 7. The van der Waals surface area contributed by atoms with Crippen molar-refractivity contribution in [3.05, 3.63) is 60.4 Å². The number of benzene rings is 1. The van der Waals surface area contributed by atoms with Gasteiger partial charge in [0.05, 0.1) is 11.8 Å². The van der Waals surface area contributed by atoms with Crippen molar-refractivity contribution in [1.29, 1.82) is 0 Å². The molecule has 152 valence electrons. The van der Waals surface area contributed by atoms with Crippen molar-refractivity contribution in [2.75, 3.05) is 5.32 Å². The van der Waals surface area contributed by atoms with E-state index in [1.54, 1.807) is 18.5 Å². The van der Waals surface area contributed by atoms with Crippen molar-refractivity contribution < 1.29 is 4.79 Å². The van der Waals surface area contributed by atoms with Crippen molar-refractivity contribution in [3.63, 3.8) is 0 Å². The number of carbonyl (C=O) groups is 1. The normalized spacial score (nSPS) is 12.3. The van der Waals surface area contributed by atoms with Crippen molar-refractivity contribution in [2.45, 2.75) is 20.8 Å². The molecule has 0 radical (unpaired) electrons. The number of Topliss-reactive ketones (excluding diaryl/α,β-unsaturated/α-hetero) is 1. The molecule has 9 nitrogen and oxygen atoms in total. The van der Waals surface area contributed by atoms with E-state index in [2.05, 4.69) is 30.4 Å². The lowest BCUT2D eigenvalue weighted by atomic mass is 9.87. The number of nitrogens with one attached hydrogen (secondary N) is 2. The van der Waals surface area contributed by atoms with Gasteiger partial charge in [0.2, 0.25) is 0 Å². The highest BCUT2D eigenvalue weighted by atomic mass is 16.1. The molecule has 30 heavy (non-hydrogen) atoms. The second-order valence-corrected chi connectivity index (χ2v) is 7.89. The van der Waals surface area contributed by atoms with Gasteiger partial charge in [-0.1, -0.05) is 32.9 Å². The highest BCUT2D eigenvalue weighted by Gasteiger charge is 2.26. The predicted molar refractivity (Wildman–Crippen MR) is 116 cm³/mol. The Morgan fingerprint density at radius 1 is 1.23 bits per heavy atom. The Morgan fingerprint density at radius 3 is 2.67 bits per heavy atom. The Balaban J connectivity index is 1.55. The van der Waals surface area contributed by atoms with E-state index in [1.165, 1.54) is 17.3 Å². The number of nitrogens with zero attached hydrogens (tertiary/aromatic N) is 5. The van der Waals surface area contributed by atoms with E-state index in [4.69, 9.17) is 5.73 Å². The number of H-pyrrole nitrogens is 1. The molecule has 3 heterocycles. The van der Waals surface area contributed by atoms with E-state index >= 15 is 0 Å². The molecule has 4 rings (SSSR count). The van der Waals surface area contributed by atoms with E-state index in [-0.39, 0.29) is 5.78 Å². The van der Waals surface area contributed by atoms with Crippen LogP contribution in [0, 0.1) is 5.41 Å². The number of nitrogens with two attached hydrogens (primary N) is 1. The van der Waals surface area contributed by atoms with Crippen LogP contribution in [0.2, 0.25) is 0 Å². The molecule has 0 saturated heterocycles. The number of anilines is 2. The smallest absolute Gasteiger partial charge is 0.171 e. The van der Waals surface area contributed by atoms with Crippen LogP contribution in [0.1, 0.15) is 36.7 Å². The standard InChI is InChI=1S/C21H22N8O/c1-21(2,3)19(30)15-9-24-20-18(15)28-17(10-25-20)27-14-6-4-13(5-7-14)8-16(22)29-12-23-11-26-29/h4-12H,22H2,1-3H3,(H,24,25)(H,27,28)/b16-8+. The predicted octanol–water partition coefficient (Wildman–Crippen LogP) is 3.44. The molecule has 0 saturated carbocycles. The summed E-state index contributed by atoms with van der Waals surface area (Å²) in [6.45, 7) is 5.65. The van der Waals surface area contributed by atoms with E-state index in [9.17, 15) is 4.79 Å².